The molecular weight excluding hydrogens is 322 g/mol. The number of aryl methyl sites for hydroxylation is 1. The van der Waals surface area contributed by atoms with Crippen LogP contribution in [0.2, 0.25) is 0 Å². The highest BCUT2D eigenvalue weighted by Gasteiger charge is 2.14. The van der Waals surface area contributed by atoms with Crippen molar-refractivity contribution in [3.63, 3.8) is 0 Å². The first kappa shape index (κ1) is 16.8. The molecule has 0 unspecified atom stereocenters. The van der Waals surface area contributed by atoms with E-state index in [9.17, 15) is 9.59 Å². The van der Waals surface area contributed by atoms with Crippen LogP contribution in [0.25, 0.3) is 11.0 Å². The average molecular weight is 341 g/mol. The van der Waals surface area contributed by atoms with Crippen molar-refractivity contribution in [1.29, 1.82) is 0 Å². The van der Waals surface area contributed by atoms with Gasteiger partial charge in [0.05, 0.1) is 18.4 Å². The first-order chi connectivity index (χ1) is 12.0. The summed E-state index contributed by atoms with van der Waals surface area (Å²) in [6.07, 6.45) is 1.71. The van der Waals surface area contributed by atoms with Gasteiger partial charge in [0.15, 0.2) is 0 Å². The highest BCUT2D eigenvalue weighted by Crippen LogP contribution is 2.23. The zero-order valence-electron chi connectivity index (χ0n) is 14.3. The third-order valence-corrected chi connectivity index (χ3v) is 4.05. The number of fused-ring (bicyclic) bond motifs is 1. The Morgan fingerprint density at radius 2 is 2.16 bits per heavy atom. The van der Waals surface area contributed by atoms with Crippen molar-refractivity contribution in [2.75, 3.05) is 6.61 Å². The monoisotopic (exact) mass is 341 g/mol. The maximum Gasteiger partial charge on any atom is 0.337 e. The molecule has 3 aromatic rings. The van der Waals surface area contributed by atoms with Crippen molar-refractivity contribution in [1.82, 2.24) is 15.1 Å². The van der Waals surface area contributed by atoms with Crippen LogP contribution in [0.15, 0.2) is 39.7 Å². The van der Waals surface area contributed by atoms with Crippen molar-refractivity contribution < 1.29 is 13.9 Å². The Bertz CT molecular complexity index is 988. The second-order valence-electron chi connectivity index (χ2n) is 5.63. The van der Waals surface area contributed by atoms with Crippen LogP contribution in [0.1, 0.15) is 28.5 Å². The Kier molecular flexibility index (Phi) is 4.56. The molecule has 0 aliphatic rings. The highest BCUT2D eigenvalue weighted by atomic mass is 16.5. The minimum Gasteiger partial charge on any atom is -0.494 e. The summed E-state index contributed by atoms with van der Waals surface area (Å²) in [6, 6.07) is 6.28. The van der Waals surface area contributed by atoms with E-state index in [0.717, 1.165) is 11.3 Å². The molecule has 0 saturated heterocycles. The minimum absolute atomic E-state index is 0.274. The summed E-state index contributed by atoms with van der Waals surface area (Å²) in [5.41, 5.74) is 1.90. The molecule has 25 heavy (non-hydrogen) atoms. The molecule has 2 heterocycles. The van der Waals surface area contributed by atoms with Gasteiger partial charge in [-0.1, -0.05) is 0 Å². The van der Waals surface area contributed by atoms with E-state index in [1.165, 1.54) is 6.07 Å². The fourth-order valence-corrected chi connectivity index (χ4v) is 2.58. The molecule has 3 rings (SSSR count). The average Bonchev–Trinajstić information content (AvgIpc) is 2.90. The topological polar surface area (TPSA) is 86.4 Å². The molecule has 0 radical (unpaired) electrons. The molecule has 0 spiro atoms. The van der Waals surface area contributed by atoms with Crippen LogP contribution in [0.4, 0.5) is 0 Å². The van der Waals surface area contributed by atoms with E-state index in [1.54, 1.807) is 29.1 Å². The van der Waals surface area contributed by atoms with Gasteiger partial charge in [0, 0.05) is 42.4 Å². The molecule has 1 amide bonds. The van der Waals surface area contributed by atoms with E-state index in [2.05, 4.69) is 10.4 Å². The van der Waals surface area contributed by atoms with Crippen LogP contribution < -0.4 is 15.7 Å². The van der Waals surface area contributed by atoms with E-state index in [4.69, 9.17) is 9.15 Å². The first-order valence-corrected chi connectivity index (χ1v) is 7.96. The highest BCUT2D eigenvalue weighted by molar-refractivity contribution is 6.05. The molecule has 7 heteroatoms. The SMILES string of the molecule is CCOc1ccc2c(C(=O)NCc3cnn(C)c3C)cc(=O)oc2c1. The molecule has 130 valence electrons. The lowest BCUT2D eigenvalue weighted by atomic mass is 10.1. The van der Waals surface area contributed by atoms with Gasteiger partial charge in [-0.2, -0.15) is 5.10 Å². The molecule has 0 atom stereocenters. The summed E-state index contributed by atoms with van der Waals surface area (Å²) in [7, 11) is 1.84. The Balaban J connectivity index is 1.90. The summed E-state index contributed by atoms with van der Waals surface area (Å²) in [5.74, 6) is 0.243. The number of hydrogen-bond donors (Lipinski definition) is 1. The standard InChI is InChI=1S/C18H19N3O4/c1-4-24-13-5-6-14-15(8-17(22)25-16(14)7-13)18(23)19-9-12-10-20-21(3)11(12)2/h5-8,10H,4,9H2,1-3H3,(H,19,23). The zero-order valence-corrected chi connectivity index (χ0v) is 14.3. The number of carbonyl (C=O) groups is 1. The van der Waals surface area contributed by atoms with Gasteiger partial charge in [-0.3, -0.25) is 9.48 Å². The number of nitrogens with zero attached hydrogens (tertiary/aromatic N) is 2. The van der Waals surface area contributed by atoms with E-state index >= 15 is 0 Å². The number of benzene rings is 1. The molecule has 0 fully saturated rings. The van der Waals surface area contributed by atoms with Crippen LogP contribution in [0, 0.1) is 6.92 Å². The lowest BCUT2D eigenvalue weighted by Gasteiger charge is -2.08. The predicted molar refractivity (Wildman–Crippen MR) is 92.8 cm³/mol. The molecule has 0 saturated carbocycles. The van der Waals surface area contributed by atoms with Gasteiger partial charge in [-0.05, 0) is 26.0 Å². The van der Waals surface area contributed by atoms with Crippen molar-refractivity contribution in [2.24, 2.45) is 7.05 Å². The predicted octanol–water partition coefficient (Wildman–Crippen LogP) is 2.16. The number of rotatable bonds is 5. The van der Waals surface area contributed by atoms with Gasteiger partial charge in [0.25, 0.3) is 5.91 Å². The van der Waals surface area contributed by atoms with Crippen molar-refractivity contribution in [3.8, 4) is 5.75 Å². The maximum atomic E-state index is 12.6. The van der Waals surface area contributed by atoms with Gasteiger partial charge in [0.2, 0.25) is 0 Å². The normalized spacial score (nSPS) is 10.8. The van der Waals surface area contributed by atoms with Crippen molar-refractivity contribution in [3.05, 3.63) is 57.7 Å². The number of hydrogen-bond acceptors (Lipinski definition) is 5. The van der Waals surface area contributed by atoms with Crippen molar-refractivity contribution >= 4 is 16.9 Å². The van der Waals surface area contributed by atoms with E-state index in [-0.39, 0.29) is 11.5 Å². The lowest BCUT2D eigenvalue weighted by Crippen LogP contribution is -2.24. The second-order valence-corrected chi connectivity index (χ2v) is 5.63. The van der Waals surface area contributed by atoms with Crippen LogP contribution in [0.5, 0.6) is 5.75 Å². The molecular formula is C18H19N3O4. The number of amides is 1. The quantitative estimate of drug-likeness (QED) is 0.719. The lowest BCUT2D eigenvalue weighted by molar-refractivity contribution is 0.0952. The number of carbonyl (C=O) groups excluding carboxylic acids is 1. The zero-order chi connectivity index (χ0) is 18.0. The third kappa shape index (κ3) is 3.40. The van der Waals surface area contributed by atoms with Crippen LogP contribution in [-0.2, 0) is 13.6 Å². The van der Waals surface area contributed by atoms with Gasteiger partial charge >= 0.3 is 5.63 Å². The first-order valence-electron chi connectivity index (χ1n) is 7.96. The summed E-state index contributed by atoms with van der Waals surface area (Å²) in [5, 5.41) is 7.53. The van der Waals surface area contributed by atoms with E-state index in [0.29, 0.717) is 29.9 Å². The number of nitrogens with one attached hydrogen (secondary N) is 1. The second kappa shape index (κ2) is 6.80. The Hall–Kier alpha value is -3.09. The fraction of sp³-hybridized carbons (Fsp3) is 0.278. The van der Waals surface area contributed by atoms with E-state index in [1.807, 2.05) is 20.9 Å². The molecule has 2 aromatic heterocycles. The molecule has 0 bridgehead atoms. The summed E-state index contributed by atoms with van der Waals surface area (Å²) < 4.78 is 12.3. The van der Waals surface area contributed by atoms with Crippen LogP contribution in [-0.4, -0.2) is 22.3 Å². The van der Waals surface area contributed by atoms with Crippen LogP contribution >= 0.6 is 0 Å². The summed E-state index contributed by atoms with van der Waals surface area (Å²) in [6.45, 7) is 4.62. The third-order valence-electron chi connectivity index (χ3n) is 4.05. The van der Waals surface area contributed by atoms with Gasteiger partial charge in [-0.25, -0.2) is 4.79 Å². The largest absolute Gasteiger partial charge is 0.494 e. The Morgan fingerprint density at radius 1 is 1.36 bits per heavy atom. The number of ether oxygens (including phenoxy) is 1. The summed E-state index contributed by atoms with van der Waals surface area (Å²) >= 11 is 0. The molecule has 1 N–H and O–H groups in total. The van der Waals surface area contributed by atoms with Gasteiger partial charge in [-0.15, -0.1) is 0 Å². The van der Waals surface area contributed by atoms with Crippen LogP contribution in [0.3, 0.4) is 0 Å². The Labute approximate surface area is 144 Å². The summed E-state index contributed by atoms with van der Waals surface area (Å²) in [4.78, 5) is 24.4. The smallest absolute Gasteiger partial charge is 0.337 e. The maximum absolute atomic E-state index is 12.6. The van der Waals surface area contributed by atoms with Gasteiger partial charge < -0.3 is 14.5 Å². The Morgan fingerprint density at radius 3 is 2.84 bits per heavy atom. The molecule has 0 aliphatic heterocycles. The minimum atomic E-state index is -0.580. The molecule has 0 aliphatic carbocycles. The van der Waals surface area contributed by atoms with E-state index < -0.39 is 5.63 Å². The van der Waals surface area contributed by atoms with Crippen molar-refractivity contribution in [2.45, 2.75) is 20.4 Å². The van der Waals surface area contributed by atoms with Gasteiger partial charge in [0.1, 0.15) is 11.3 Å². The number of aromatic nitrogens is 2. The molecule has 7 nitrogen and oxygen atoms in total. The molecule has 1 aromatic carbocycles. The fourth-order valence-electron chi connectivity index (χ4n) is 2.58.